The van der Waals surface area contributed by atoms with Crippen LogP contribution < -0.4 is 36.3 Å². The standard InChI is InChI=1S/C47H50O4Si5.9CH4/c1-52(2,48-53(3,41-27-13-6-14-28-41)42-29-15-7-16-30-42)49-56(46-37-23-11-24-38-46,47-39-25-12-26-40-47)51-55(5,45-35-21-10-22-36-45)50-54(4,43-31-17-8-18-32-43)44-33-19-9-20-34-44;;;;;;;;;/h6-40H,1-5H3;9*1H4. The highest BCUT2D eigenvalue weighted by atomic mass is 28.5. The van der Waals surface area contributed by atoms with Crippen LogP contribution in [0, 0.1) is 0 Å². The smallest absolute Gasteiger partial charge is 0.389 e. The van der Waals surface area contributed by atoms with Gasteiger partial charge < -0.3 is 16.5 Å². The fourth-order valence-electron chi connectivity index (χ4n) is 7.73. The van der Waals surface area contributed by atoms with Crippen LogP contribution in [0.2, 0.25) is 32.7 Å². The Morgan fingerprint density at radius 2 is 0.446 bits per heavy atom. The normalized spacial score (nSPS) is 11.6. The lowest BCUT2D eigenvalue weighted by Gasteiger charge is -2.47. The molecule has 0 radical (unpaired) electrons. The Morgan fingerprint density at radius 3 is 0.708 bits per heavy atom. The summed E-state index contributed by atoms with van der Waals surface area (Å²) < 4.78 is 31.6. The Kier molecular flexibility index (Phi) is 27.7. The maximum absolute atomic E-state index is 8.12. The lowest BCUT2D eigenvalue weighted by molar-refractivity contribution is 0.317. The third-order valence-electron chi connectivity index (χ3n) is 10.5. The van der Waals surface area contributed by atoms with Gasteiger partial charge in [0.05, 0.1) is 0 Å². The van der Waals surface area contributed by atoms with Gasteiger partial charge in [0.15, 0.2) is 0 Å². The quantitative estimate of drug-likeness (QED) is 0.0960. The Labute approximate surface area is 404 Å². The second-order valence-corrected chi connectivity index (χ2v) is 32.4. The third-order valence-corrected chi connectivity index (χ3v) is 32.4. The predicted molar refractivity (Wildman–Crippen MR) is 306 cm³/mol. The van der Waals surface area contributed by atoms with E-state index in [1.54, 1.807) is 0 Å². The van der Waals surface area contributed by atoms with Gasteiger partial charge in [0, 0.05) is 0 Å². The summed E-state index contributed by atoms with van der Waals surface area (Å²) in [5.41, 5.74) is 0. The van der Waals surface area contributed by atoms with Crippen molar-refractivity contribution < 1.29 is 16.5 Å². The van der Waals surface area contributed by atoms with Crippen molar-refractivity contribution in [2.75, 3.05) is 0 Å². The zero-order valence-corrected chi connectivity index (χ0v) is 37.8. The summed E-state index contributed by atoms with van der Waals surface area (Å²) in [4.78, 5) is 0. The summed E-state index contributed by atoms with van der Waals surface area (Å²) in [5, 5.41) is 7.83. The molecule has 0 saturated heterocycles. The van der Waals surface area contributed by atoms with E-state index in [0.29, 0.717) is 0 Å². The van der Waals surface area contributed by atoms with E-state index in [0.717, 1.165) is 15.6 Å². The van der Waals surface area contributed by atoms with E-state index in [1.807, 2.05) is 0 Å². The average Bonchev–Trinajstić information content (AvgIpc) is 3.25. The van der Waals surface area contributed by atoms with E-state index >= 15 is 0 Å². The molecule has 9 heteroatoms. The molecule has 0 aliphatic rings. The van der Waals surface area contributed by atoms with Gasteiger partial charge in [0.2, 0.25) is 16.6 Å². The molecule has 0 N–H and O–H groups in total. The molecule has 0 fully saturated rings. The minimum atomic E-state index is -3.69. The van der Waals surface area contributed by atoms with Gasteiger partial charge in [0.1, 0.15) is 0 Å². The fraction of sp³-hybridized carbons (Fsp3) is 0.250. The van der Waals surface area contributed by atoms with Crippen LogP contribution in [0.1, 0.15) is 66.8 Å². The minimum absolute atomic E-state index is 0. The molecule has 0 aliphatic carbocycles. The number of rotatable bonds is 15. The number of benzene rings is 7. The molecule has 4 nitrogen and oxygen atoms in total. The van der Waals surface area contributed by atoms with Crippen molar-refractivity contribution in [3.05, 3.63) is 212 Å². The van der Waals surface area contributed by atoms with Crippen LogP contribution in [-0.2, 0) is 16.5 Å². The highest BCUT2D eigenvalue weighted by Crippen LogP contribution is 2.28. The molecule has 0 bridgehead atoms. The average molecular weight is 964 g/mol. The molecule has 65 heavy (non-hydrogen) atoms. The minimum Gasteiger partial charge on any atom is -0.429 e. The van der Waals surface area contributed by atoms with E-state index in [1.165, 1.54) is 20.7 Å². The summed E-state index contributed by atoms with van der Waals surface area (Å²) >= 11 is 0. The van der Waals surface area contributed by atoms with Crippen molar-refractivity contribution >= 4 is 78.6 Å². The van der Waals surface area contributed by atoms with Crippen LogP contribution in [0.4, 0.5) is 0 Å². The molecule has 354 valence electrons. The van der Waals surface area contributed by atoms with E-state index in [2.05, 4.69) is 245 Å². The SMILES string of the molecule is C.C.C.C.C.C.C.C.C.C[Si](C)(O[Si](C)(c1ccccc1)c1ccccc1)O[Si](O[Si](C)(O[Si](C)(c1ccccc1)c1ccccc1)c1ccccc1)(c1ccccc1)c1ccccc1. The summed E-state index contributed by atoms with van der Waals surface area (Å²) in [6, 6.07) is 74.4. The summed E-state index contributed by atoms with van der Waals surface area (Å²) in [6.07, 6.45) is 0. The van der Waals surface area contributed by atoms with Gasteiger partial charge in [-0.1, -0.05) is 279 Å². The Morgan fingerprint density at radius 1 is 0.231 bits per heavy atom. The molecule has 0 aromatic heterocycles. The summed E-state index contributed by atoms with van der Waals surface area (Å²) in [5.74, 6) is 0. The summed E-state index contributed by atoms with van der Waals surface area (Å²) in [7, 11) is -16.0. The molecule has 7 aromatic rings. The van der Waals surface area contributed by atoms with Gasteiger partial charge in [-0.25, -0.2) is 0 Å². The lowest BCUT2D eigenvalue weighted by Crippen LogP contribution is -2.77. The second-order valence-electron chi connectivity index (χ2n) is 15.0. The first-order chi connectivity index (χ1) is 27.1. The molecular weight excluding hydrogens is 877 g/mol. The topological polar surface area (TPSA) is 36.9 Å². The maximum atomic E-state index is 8.12. The van der Waals surface area contributed by atoms with Crippen LogP contribution in [0.5, 0.6) is 0 Å². The Hall–Kier alpha value is -4.54. The monoisotopic (exact) mass is 963 g/mol. The van der Waals surface area contributed by atoms with Crippen molar-refractivity contribution in [1.29, 1.82) is 0 Å². The van der Waals surface area contributed by atoms with Crippen molar-refractivity contribution in [2.24, 2.45) is 0 Å². The van der Waals surface area contributed by atoms with Crippen LogP contribution in [0.25, 0.3) is 0 Å². The van der Waals surface area contributed by atoms with Crippen molar-refractivity contribution in [3.8, 4) is 0 Å². The summed E-state index contributed by atoms with van der Waals surface area (Å²) in [6.45, 7) is 11.2. The van der Waals surface area contributed by atoms with Crippen molar-refractivity contribution in [2.45, 2.75) is 99.6 Å². The van der Waals surface area contributed by atoms with Gasteiger partial charge in [-0.15, -0.1) is 0 Å². The first kappa shape index (κ1) is 64.7. The fourth-order valence-corrected chi connectivity index (χ4v) is 32.5. The van der Waals surface area contributed by atoms with E-state index < -0.39 is 42.3 Å². The van der Waals surface area contributed by atoms with Crippen molar-refractivity contribution in [3.63, 3.8) is 0 Å². The van der Waals surface area contributed by atoms with Gasteiger partial charge in [0.25, 0.3) is 0 Å². The van der Waals surface area contributed by atoms with Gasteiger partial charge in [-0.2, -0.15) is 0 Å². The molecule has 0 aliphatic heterocycles. The van der Waals surface area contributed by atoms with E-state index in [4.69, 9.17) is 16.5 Å². The first-order valence-corrected chi connectivity index (χ1v) is 31.0. The molecule has 0 amide bonds. The Balaban J connectivity index is -0.00000427. The molecule has 7 aromatic carbocycles. The van der Waals surface area contributed by atoms with Gasteiger partial charge in [-0.3, -0.25) is 0 Å². The second kappa shape index (κ2) is 27.8. The highest BCUT2D eigenvalue weighted by Gasteiger charge is 2.57. The maximum Gasteiger partial charge on any atom is 0.389 e. The number of hydrogen-bond donors (Lipinski definition) is 0. The van der Waals surface area contributed by atoms with Crippen LogP contribution in [0.15, 0.2) is 212 Å². The van der Waals surface area contributed by atoms with E-state index in [9.17, 15) is 0 Å². The van der Waals surface area contributed by atoms with Gasteiger partial charge >= 0.3 is 25.7 Å². The van der Waals surface area contributed by atoms with Crippen LogP contribution in [-0.4, -0.2) is 42.3 Å². The van der Waals surface area contributed by atoms with Gasteiger partial charge in [-0.05, 0) is 69.0 Å². The molecule has 0 heterocycles. The third kappa shape index (κ3) is 14.2. The molecule has 1 atom stereocenters. The zero-order valence-electron chi connectivity index (χ0n) is 32.8. The van der Waals surface area contributed by atoms with Crippen LogP contribution in [0.3, 0.4) is 0 Å². The molecule has 1 unspecified atom stereocenters. The molecule has 7 rings (SSSR count). The molecule has 0 saturated carbocycles. The van der Waals surface area contributed by atoms with Crippen molar-refractivity contribution in [1.82, 2.24) is 0 Å². The molecule has 0 spiro atoms. The van der Waals surface area contributed by atoms with Crippen LogP contribution >= 0.6 is 0 Å². The lowest BCUT2D eigenvalue weighted by atomic mass is 10.4. The molecular formula is C56H86O4Si5. The highest BCUT2D eigenvalue weighted by molar-refractivity contribution is 7.08. The largest absolute Gasteiger partial charge is 0.429 e. The number of hydrogen-bond acceptors (Lipinski definition) is 4. The first-order valence-electron chi connectivity index (χ1n) is 19.3. The van der Waals surface area contributed by atoms with E-state index in [-0.39, 0.29) is 66.8 Å². The zero-order chi connectivity index (χ0) is 39.1. The Bertz CT molecular complexity index is 2150. The predicted octanol–water partition coefficient (Wildman–Crippen LogP) is 12.5.